The lowest BCUT2D eigenvalue weighted by Gasteiger charge is -2.58. The Morgan fingerprint density at radius 2 is 1.56 bits per heavy atom. The van der Waals surface area contributed by atoms with Gasteiger partial charge in [-0.15, -0.1) is 0 Å². The summed E-state index contributed by atoms with van der Waals surface area (Å²) >= 11 is 0. The first-order chi connectivity index (χ1) is 15.2. The topological polar surface area (TPSA) is 0 Å². The molecule has 0 heterocycles. The molecule has 4 rings (SSSR count). The van der Waals surface area contributed by atoms with Gasteiger partial charge in [-0.2, -0.15) is 0 Å². The molecule has 0 aliphatic heterocycles. The molecule has 4 aliphatic rings. The standard InChI is InChI=1S/C32H56/c1-23(2)10-7-8-13-26-15-17-29-28-16-14-27-22-25(12-9-11-24(3)4)18-20-32(27,6)30(28)19-21-31(26,29)5/h14,23-26,28-30H,7-13,15-22H2,1-6H3. The van der Waals surface area contributed by atoms with Crippen LogP contribution in [-0.4, -0.2) is 0 Å². The molecule has 0 aromatic carbocycles. The first-order valence-electron chi connectivity index (χ1n) is 14.9. The van der Waals surface area contributed by atoms with Crippen LogP contribution in [0.1, 0.15) is 138 Å². The fourth-order valence-electron chi connectivity index (χ4n) is 9.32. The first kappa shape index (κ1) is 24.9. The van der Waals surface area contributed by atoms with Crippen LogP contribution in [0.2, 0.25) is 0 Å². The highest BCUT2D eigenvalue weighted by Crippen LogP contribution is 2.67. The second-order valence-corrected chi connectivity index (χ2v) is 14.2. The molecular weight excluding hydrogens is 384 g/mol. The quantitative estimate of drug-likeness (QED) is 0.247. The molecule has 0 saturated heterocycles. The number of fused-ring (bicyclic) bond motifs is 5. The van der Waals surface area contributed by atoms with Crippen LogP contribution in [-0.2, 0) is 0 Å². The van der Waals surface area contributed by atoms with E-state index in [2.05, 4.69) is 47.6 Å². The van der Waals surface area contributed by atoms with Gasteiger partial charge in [0.15, 0.2) is 0 Å². The van der Waals surface area contributed by atoms with Crippen LogP contribution in [0.3, 0.4) is 0 Å². The smallest absolute Gasteiger partial charge is 0.00851 e. The van der Waals surface area contributed by atoms with Crippen molar-refractivity contribution in [2.45, 2.75) is 138 Å². The van der Waals surface area contributed by atoms with Gasteiger partial charge in [-0.25, -0.2) is 0 Å². The third kappa shape index (κ3) is 4.91. The molecule has 0 bridgehead atoms. The van der Waals surface area contributed by atoms with E-state index >= 15 is 0 Å². The fraction of sp³-hybridized carbons (Fsp3) is 0.938. The summed E-state index contributed by atoms with van der Waals surface area (Å²) in [5, 5.41) is 0. The van der Waals surface area contributed by atoms with E-state index < -0.39 is 0 Å². The lowest BCUT2D eigenvalue weighted by molar-refractivity contribution is -0.0458. The lowest BCUT2D eigenvalue weighted by Crippen LogP contribution is -2.50. The van der Waals surface area contributed by atoms with E-state index in [9.17, 15) is 0 Å². The van der Waals surface area contributed by atoms with Crippen molar-refractivity contribution in [3.63, 3.8) is 0 Å². The van der Waals surface area contributed by atoms with E-state index in [1.54, 1.807) is 6.42 Å². The Kier molecular flexibility index (Phi) is 7.89. The second-order valence-electron chi connectivity index (χ2n) is 14.2. The normalized spacial score (nSPS) is 41.4. The van der Waals surface area contributed by atoms with Crippen molar-refractivity contribution in [2.24, 2.45) is 52.3 Å². The van der Waals surface area contributed by atoms with E-state index in [1.807, 2.05) is 5.57 Å². The molecule has 0 N–H and O–H groups in total. The van der Waals surface area contributed by atoms with E-state index in [-0.39, 0.29) is 0 Å². The van der Waals surface area contributed by atoms with Crippen LogP contribution in [0.5, 0.6) is 0 Å². The average molecular weight is 441 g/mol. The molecule has 0 amide bonds. The maximum atomic E-state index is 2.80. The van der Waals surface area contributed by atoms with Crippen LogP contribution in [0, 0.1) is 52.3 Å². The van der Waals surface area contributed by atoms with Crippen LogP contribution >= 0.6 is 0 Å². The Labute approximate surface area is 201 Å². The predicted octanol–water partition coefficient (Wildman–Crippen LogP) is 10.2. The van der Waals surface area contributed by atoms with E-state index in [1.165, 1.54) is 89.9 Å². The summed E-state index contributed by atoms with van der Waals surface area (Å²) in [7, 11) is 0. The molecule has 0 radical (unpaired) electrons. The fourth-order valence-corrected chi connectivity index (χ4v) is 9.32. The van der Waals surface area contributed by atoms with Crippen molar-refractivity contribution in [3.05, 3.63) is 11.6 Å². The Hall–Kier alpha value is -0.260. The van der Waals surface area contributed by atoms with Gasteiger partial charge in [-0.3, -0.25) is 0 Å². The van der Waals surface area contributed by atoms with Gasteiger partial charge in [0.1, 0.15) is 0 Å². The first-order valence-corrected chi connectivity index (χ1v) is 14.9. The van der Waals surface area contributed by atoms with Crippen LogP contribution in [0.15, 0.2) is 11.6 Å². The summed E-state index contributed by atoms with van der Waals surface area (Å²) in [5.74, 6) is 6.79. The van der Waals surface area contributed by atoms with Gasteiger partial charge in [0.2, 0.25) is 0 Å². The minimum atomic E-state index is 0.550. The predicted molar refractivity (Wildman–Crippen MR) is 141 cm³/mol. The van der Waals surface area contributed by atoms with Crippen molar-refractivity contribution in [1.29, 1.82) is 0 Å². The minimum absolute atomic E-state index is 0.550. The molecule has 0 nitrogen and oxygen atoms in total. The molecular formula is C32H56. The van der Waals surface area contributed by atoms with Crippen molar-refractivity contribution in [3.8, 4) is 0 Å². The van der Waals surface area contributed by atoms with Gasteiger partial charge in [0, 0.05) is 0 Å². The number of rotatable bonds is 9. The third-order valence-corrected chi connectivity index (χ3v) is 11.4. The Morgan fingerprint density at radius 3 is 2.31 bits per heavy atom. The maximum Gasteiger partial charge on any atom is -0.00851 e. The van der Waals surface area contributed by atoms with E-state index in [4.69, 9.17) is 0 Å². The van der Waals surface area contributed by atoms with Crippen molar-refractivity contribution in [2.75, 3.05) is 0 Å². The molecule has 0 heteroatoms. The third-order valence-electron chi connectivity index (χ3n) is 11.4. The van der Waals surface area contributed by atoms with Crippen LogP contribution in [0.25, 0.3) is 0 Å². The van der Waals surface area contributed by atoms with E-state index in [0.717, 1.165) is 41.4 Å². The van der Waals surface area contributed by atoms with Gasteiger partial charge in [-0.1, -0.05) is 91.7 Å². The zero-order valence-corrected chi connectivity index (χ0v) is 22.7. The van der Waals surface area contributed by atoms with Crippen LogP contribution in [0.4, 0.5) is 0 Å². The van der Waals surface area contributed by atoms with Gasteiger partial charge in [0.25, 0.3) is 0 Å². The van der Waals surface area contributed by atoms with E-state index in [0.29, 0.717) is 10.8 Å². The average Bonchev–Trinajstić information content (AvgIpc) is 3.07. The highest BCUT2D eigenvalue weighted by Gasteiger charge is 2.58. The lowest BCUT2D eigenvalue weighted by atomic mass is 9.46. The maximum absolute atomic E-state index is 2.80. The van der Waals surface area contributed by atoms with Crippen molar-refractivity contribution < 1.29 is 0 Å². The molecule has 32 heavy (non-hydrogen) atoms. The molecule has 0 aromatic heterocycles. The largest absolute Gasteiger partial charge is 0.0845 e. The highest BCUT2D eigenvalue weighted by molar-refractivity contribution is 5.25. The summed E-state index contributed by atoms with van der Waals surface area (Å²) in [6.07, 6.45) is 25.1. The van der Waals surface area contributed by atoms with Gasteiger partial charge >= 0.3 is 0 Å². The molecule has 3 saturated carbocycles. The Balaban J connectivity index is 1.38. The van der Waals surface area contributed by atoms with Crippen LogP contribution < -0.4 is 0 Å². The zero-order chi connectivity index (χ0) is 22.9. The molecule has 184 valence electrons. The summed E-state index contributed by atoms with van der Waals surface area (Å²) < 4.78 is 0. The second kappa shape index (κ2) is 10.2. The molecule has 0 spiro atoms. The summed E-state index contributed by atoms with van der Waals surface area (Å²) in [6, 6.07) is 0. The number of unbranched alkanes of at least 4 members (excludes halogenated alkanes) is 1. The molecule has 7 atom stereocenters. The summed E-state index contributed by atoms with van der Waals surface area (Å²) in [6.45, 7) is 15.0. The van der Waals surface area contributed by atoms with Gasteiger partial charge < -0.3 is 0 Å². The monoisotopic (exact) mass is 440 g/mol. The zero-order valence-electron chi connectivity index (χ0n) is 22.7. The summed E-state index contributed by atoms with van der Waals surface area (Å²) in [4.78, 5) is 0. The molecule has 7 unspecified atom stereocenters. The number of hydrogen-bond donors (Lipinski definition) is 0. The highest BCUT2D eigenvalue weighted by atomic mass is 14.6. The minimum Gasteiger partial charge on any atom is -0.0845 e. The van der Waals surface area contributed by atoms with Gasteiger partial charge in [-0.05, 0) is 110 Å². The SMILES string of the molecule is CC(C)CCCCC1CCC2C3CC=C4CC(CCCC(C)C)CCC4(C)C3CCC12C. The number of allylic oxidation sites excluding steroid dienone is 2. The molecule has 3 fully saturated rings. The Morgan fingerprint density at radius 1 is 0.812 bits per heavy atom. The Bertz CT molecular complexity index is 640. The van der Waals surface area contributed by atoms with Crippen molar-refractivity contribution >= 4 is 0 Å². The van der Waals surface area contributed by atoms with Gasteiger partial charge in [0.05, 0.1) is 0 Å². The molecule has 4 aliphatic carbocycles. The van der Waals surface area contributed by atoms with Crippen molar-refractivity contribution in [1.82, 2.24) is 0 Å². The summed E-state index contributed by atoms with van der Waals surface area (Å²) in [5.41, 5.74) is 3.12. The molecule has 0 aromatic rings. The number of hydrogen-bond acceptors (Lipinski definition) is 0.